The van der Waals surface area contributed by atoms with E-state index in [1.807, 2.05) is 6.07 Å². The third kappa shape index (κ3) is 4.31. The van der Waals surface area contributed by atoms with E-state index < -0.39 is 0 Å². The topological polar surface area (TPSA) is 116 Å². The van der Waals surface area contributed by atoms with E-state index in [0.717, 1.165) is 0 Å². The zero-order valence-corrected chi connectivity index (χ0v) is 16.7. The summed E-state index contributed by atoms with van der Waals surface area (Å²) in [6.45, 7) is 3.76. The average molecular weight is 411 g/mol. The van der Waals surface area contributed by atoms with Crippen molar-refractivity contribution in [3.63, 3.8) is 0 Å². The maximum atomic E-state index is 11.7. The van der Waals surface area contributed by atoms with Crippen molar-refractivity contribution in [3.8, 4) is 17.5 Å². The summed E-state index contributed by atoms with van der Waals surface area (Å²) in [4.78, 5) is 15.8. The van der Waals surface area contributed by atoms with Crippen LogP contribution in [0.5, 0.6) is 5.75 Å². The number of hydrogen-bond donors (Lipinski definition) is 3. The van der Waals surface area contributed by atoms with Crippen LogP contribution in [0, 0.1) is 18.3 Å². The minimum atomic E-state index is -0.237. The molecular weight excluding hydrogens is 392 g/mol. The van der Waals surface area contributed by atoms with Gasteiger partial charge in [-0.2, -0.15) is 10.4 Å². The quantitative estimate of drug-likeness (QED) is 0.533. The minimum absolute atomic E-state index is 0.119. The summed E-state index contributed by atoms with van der Waals surface area (Å²) >= 11 is 6.11. The fourth-order valence-electron chi connectivity index (χ4n) is 2.77. The van der Waals surface area contributed by atoms with Gasteiger partial charge in [0, 0.05) is 19.2 Å². The molecule has 148 valence electrons. The second-order valence-electron chi connectivity index (χ2n) is 6.27. The predicted molar refractivity (Wildman–Crippen MR) is 110 cm³/mol. The van der Waals surface area contributed by atoms with Crippen LogP contribution in [-0.2, 0) is 11.3 Å². The Kier molecular flexibility index (Phi) is 6.00. The van der Waals surface area contributed by atoms with Crippen LogP contribution in [0.4, 0.5) is 11.5 Å². The van der Waals surface area contributed by atoms with Gasteiger partial charge in [0.25, 0.3) is 0 Å². The normalized spacial score (nSPS) is 10.4. The fraction of sp³-hybridized carbons (Fsp3) is 0.200. The number of aryl methyl sites for hydroxylation is 1. The number of phenols is 1. The van der Waals surface area contributed by atoms with Crippen molar-refractivity contribution in [1.29, 1.82) is 5.26 Å². The van der Waals surface area contributed by atoms with Gasteiger partial charge in [0.2, 0.25) is 5.91 Å². The highest BCUT2D eigenvalue weighted by Crippen LogP contribution is 2.34. The number of amides is 1. The highest BCUT2D eigenvalue weighted by atomic mass is 35.5. The molecule has 0 unspecified atom stereocenters. The molecule has 0 aliphatic heterocycles. The number of hydrogen-bond acceptors (Lipinski definition) is 6. The van der Waals surface area contributed by atoms with E-state index in [-0.39, 0.29) is 35.3 Å². The molecule has 3 rings (SSSR count). The van der Waals surface area contributed by atoms with Gasteiger partial charge in [-0.05, 0) is 36.8 Å². The van der Waals surface area contributed by atoms with E-state index in [2.05, 4.69) is 26.8 Å². The number of rotatable bonds is 6. The first-order valence-electron chi connectivity index (χ1n) is 8.89. The third-order valence-electron chi connectivity index (χ3n) is 4.24. The number of nitrogens with one attached hydrogen (secondary N) is 2. The molecule has 8 nitrogen and oxygen atoms in total. The molecular formula is C20H19ClN6O2. The molecule has 1 amide bonds. The van der Waals surface area contributed by atoms with Crippen LogP contribution in [-0.4, -0.2) is 25.8 Å². The molecule has 2 heterocycles. The Labute approximate surface area is 172 Å². The number of benzene rings is 1. The zero-order chi connectivity index (χ0) is 21.0. The monoisotopic (exact) mass is 410 g/mol. The molecule has 3 N–H and O–H groups in total. The Bertz CT molecular complexity index is 1090. The highest BCUT2D eigenvalue weighted by Gasteiger charge is 2.17. The standard InChI is InChI=1S/C20H19ClN6O2/c1-3-18(28)25-17-8-13(7-16(21)19(17)29)10-24-20-15(9-22)12(2)26-27(20)14-5-4-6-23-11-14/h4-8,11,24,29H,3,10H2,1-2H3,(H,25,28). The van der Waals surface area contributed by atoms with E-state index in [0.29, 0.717) is 28.3 Å². The number of aromatic nitrogens is 3. The van der Waals surface area contributed by atoms with Gasteiger partial charge in [0.15, 0.2) is 5.75 Å². The van der Waals surface area contributed by atoms with E-state index in [1.54, 1.807) is 49.1 Å². The number of halogens is 1. The third-order valence-corrected chi connectivity index (χ3v) is 4.53. The van der Waals surface area contributed by atoms with Gasteiger partial charge in [0.1, 0.15) is 17.5 Å². The van der Waals surface area contributed by atoms with Crippen LogP contribution in [0.25, 0.3) is 5.69 Å². The Hall–Kier alpha value is -3.57. The molecule has 0 fully saturated rings. The number of anilines is 2. The zero-order valence-electron chi connectivity index (χ0n) is 15.9. The molecule has 1 aromatic carbocycles. The van der Waals surface area contributed by atoms with Crippen molar-refractivity contribution >= 4 is 29.0 Å². The van der Waals surface area contributed by atoms with E-state index in [1.165, 1.54) is 0 Å². The molecule has 29 heavy (non-hydrogen) atoms. The molecule has 0 aliphatic carbocycles. The molecule has 9 heteroatoms. The van der Waals surface area contributed by atoms with Crippen molar-refractivity contribution in [2.24, 2.45) is 0 Å². The number of nitriles is 1. The van der Waals surface area contributed by atoms with Gasteiger partial charge in [0.05, 0.1) is 28.3 Å². The number of phenolic OH excluding ortho intramolecular Hbond substituents is 1. The molecule has 0 saturated carbocycles. The number of aromatic hydroxyl groups is 1. The highest BCUT2D eigenvalue weighted by molar-refractivity contribution is 6.32. The lowest BCUT2D eigenvalue weighted by Crippen LogP contribution is -2.11. The number of pyridine rings is 1. The lowest BCUT2D eigenvalue weighted by Gasteiger charge is -2.13. The lowest BCUT2D eigenvalue weighted by molar-refractivity contribution is -0.115. The largest absolute Gasteiger partial charge is 0.504 e. The molecule has 0 spiro atoms. The average Bonchev–Trinajstić information content (AvgIpc) is 3.05. The SMILES string of the molecule is CCC(=O)Nc1cc(CNc2c(C#N)c(C)nn2-c2cccnc2)cc(Cl)c1O. The van der Waals surface area contributed by atoms with Gasteiger partial charge >= 0.3 is 0 Å². The summed E-state index contributed by atoms with van der Waals surface area (Å²) < 4.78 is 1.61. The molecule has 0 saturated heterocycles. The molecule has 0 radical (unpaired) electrons. The van der Waals surface area contributed by atoms with Crippen molar-refractivity contribution in [2.45, 2.75) is 26.8 Å². The summed E-state index contributed by atoms with van der Waals surface area (Å²) in [6, 6.07) is 9.01. The predicted octanol–water partition coefficient (Wildman–Crippen LogP) is 3.77. The first kappa shape index (κ1) is 20.2. The van der Waals surface area contributed by atoms with Crippen LogP contribution in [0.3, 0.4) is 0 Å². The summed E-state index contributed by atoms with van der Waals surface area (Å²) in [5.74, 6) is 0.0889. The fourth-order valence-corrected chi connectivity index (χ4v) is 3.01. The van der Waals surface area contributed by atoms with Crippen LogP contribution in [0.2, 0.25) is 5.02 Å². The maximum absolute atomic E-state index is 11.7. The Morgan fingerprint density at radius 1 is 1.41 bits per heavy atom. The second-order valence-corrected chi connectivity index (χ2v) is 6.68. The van der Waals surface area contributed by atoms with Gasteiger partial charge in [-0.25, -0.2) is 4.68 Å². The van der Waals surface area contributed by atoms with E-state index >= 15 is 0 Å². The summed E-state index contributed by atoms with van der Waals surface area (Å²) in [6.07, 6.45) is 3.58. The minimum Gasteiger partial charge on any atom is -0.504 e. The van der Waals surface area contributed by atoms with Crippen LogP contribution in [0.1, 0.15) is 30.2 Å². The number of carbonyl (C=O) groups is 1. The Balaban J connectivity index is 1.92. The first-order valence-corrected chi connectivity index (χ1v) is 9.27. The Morgan fingerprint density at radius 2 is 2.21 bits per heavy atom. The van der Waals surface area contributed by atoms with E-state index in [9.17, 15) is 15.2 Å². The van der Waals surface area contributed by atoms with Crippen molar-refractivity contribution in [1.82, 2.24) is 14.8 Å². The molecule has 0 atom stereocenters. The van der Waals surface area contributed by atoms with Gasteiger partial charge in [-0.15, -0.1) is 0 Å². The summed E-state index contributed by atoms with van der Waals surface area (Å²) in [5.41, 5.74) is 2.65. The van der Waals surface area contributed by atoms with Gasteiger partial charge < -0.3 is 15.7 Å². The van der Waals surface area contributed by atoms with Gasteiger partial charge in [-0.3, -0.25) is 9.78 Å². The molecule has 0 aliphatic rings. The molecule has 2 aromatic heterocycles. The summed E-state index contributed by atoms with van der Waals surface area (Å²) in [5, 5.41) is 30.0. The van der Waals surface area contributed by atoms with Crippen molar-refractivity contribution < 1.29 is 9.90 Å². The smallest absolute Gasteiger partial charge is 0.224 e. The number of nitrogens with zero attached hydrogens (tertiary/aromatic N) is 4. The van der Waals surface area contributed by atoms with Crippen LogP contribution >= 0.6 is 11.6 Å². The second kappa shape index (κ2) is 8.63. The van der Waals surface area contributed by atoms with Gasteiger partial charge in [-0.1, -0.05) is 18.5 Å². The summed E-state index contributed by atoms with van der Waals surface area (Å²) in [7, 11) is 0. The number of carbonyl (C=O) groups excluding carboxylic acids is 1. The van der Waals surface area contributed by atoms with Crippen LogP contribution < -0.4 is 10.6 Å². The van der Waals surface area contributed by atoms with Crippen molar-refractivity contribution in [2.75, 3.05) is 10.6 Å². The van der Waals surface area contributed by atoms with Crippen molar-refractivity contribution in [3.05, 3.63) is 58.5 Å². The lowest BCUT2D eigenvalue weighted by atomic mass is 10.1. The van der Waals surface area contributed by atoms with Crippen LogP contribution in [0.15, 0.2) is 36.7 Å². The Morgan fingerprint density at radius 3 is 2.86 bits per heavy atom. The molecule has 3 aromatic rings. The first-order chi connectivity index (χ1) is 13.9. The van der Waals surface area contributed by atoms with E-state index in [4.69, 9.17) is 11.6 Å². The molecule has 0 bridgehead atoms. The maximum Gasteiger partial charge on any atom is 0.224 e.